The molecule has 1 amide bonds. The zero-order valence-electron chi connectivity index (χ0n) is 17.7. The average molecular weight is 522 g/mol. The summed E-state index contributed by atoms with van der Waals surface area (Å²) in [4.78, 5) is 21.1. The molecule has 6 nitrogen and oxygen atoms in total. The van der Waals surface area contributed by atoms with Crippen molar-refractivity contribution >= 4 is 47.4 Å². The van der Waals surface area contributed by atoms with Gasteiger partial charge in [-0.1, -0.05) is 6.92 Å². The number of halogens is 1. The maximum absolute atomic E-state index is 12.3. The first kappa shape index (κ1) is 25.0. The van der Waals surface area contributed by atoms with Gasteiger partial charge in [-0.15, -0.1) is 35.3 Å². The molecule has 1 saturated heterocycles. The third kappa shape index (κ3) is 8.55. The summed E-state index contributed by atoms with van der Waals surface area (Å²) in [5.41, 5.74) is -0.451. The number of ether oxygens (including phenoxy) is 1. The molecule has 2 N–H and O–H groups in total. The molecule has 8 heteroatoms. The Kier molecular flexibility index (Phi) is 10.6. The molecule has 0 radical (unpaired) electrons. The molecule has 1 aromatic rings. The first-order chi connectivity index (χ1) is 12.8. The molecule has 1 unspecified atom stereocenters. The summed E-state index contributed by atoms with van der Waals surface area (Å²) in [7, 11) is 1.79. The fraction of sp³-hybridized carbons (Fsp3) is 0.700. The lowest BCUT2D eigenvalue weighted by Crippen LogP contribution is -2.47. The van der Waals surface area contributed by atoms with Gasteiger partial charge in [0.15, 0.2) is 5.96 Å². The van der Waals surface area contributed by atoms with Crippen LogP contribution in [0.25, 0.3) is 0 Å². The van der Waals surface area contributed by atoms with Gasteiger partial charge in [0, 0.05) is 36.4 Å². The minimum absolute atomic E-state index is 0. The van der Waals surface area contributed by atoms with Crippen molar-refractivity contribution in [3.8, 4) is 0 Å². The molecule has 0 spiro atoms. The normalized spacial score (nSPS) is 17.7. The topological polar surface area (TPSA) is 66.0 Å². The molecule has 1 atom stereocenters. The molecule has 1 aliphatic heterocycles. The largest absolute Gasteiger partial charge is 0.444 e. The lowest BCUT2D eigenvalue weighted by atomic mass is 9.98. The number of carbonyl (C=O) groups is 1. The maximum atomic E-state index is 12.3. The number of nitrogens with zero attached hydrogens (tertiary/aromatic N) is 2. The fourth-order valence-electron chi connectivity index (χ4n) is 3.06. The number of rotatable bonds is 5. The summed E-state index contributed by atoms with van der Waals surface area (Å²) in [6.07, 6.45) is 2.98. The minimum Gasteiger partial charge on any atom is -0.444 e. The Morgan fingerprint density at radius 1 is 1.32 bits per heavy atom. The molecule has 1 fully saturated rings. The lowest BCUT2D eigenvalue weighted by Gasteiger charge is -2.34. The Balaban J connectivity index is 0.00000392. The number of carbonyl (C=O) groups excluding carboxylic acids is 1. The number of hydrogen-bond acceptors (Lipinski definition) is 4. The highest BCUT2D eigenvalue weighted by atomic mass is 127. The summed E-state index contributed by atoms with van der Waals surface area (Å²) in [6, 6.07) is 4.36. The van der Waals surface area contributed by atoms with Crippen molar-refractivity contribution in [3.05, 3.63) is 21.9 Å². The third-order valence-corrected chi connectivity index (χ3v) is 5.68. The van der Waals surface area contributed by atoms with Gasteiger partial charge in [-0.25, -0.2) is 4.79 Å². The first-order valence-electron chi connectivity index (χ1n) is 9.80. The van der Waals surface area contributed by atoms with Gasteiger partial charge in [-0.2, -0.15) is 0 Å². The van der Waals surface area contributed by atoms with Crippen molar-refractivity contribution < 1.29 is 9.53 Å². The number of nitrogens with one attached hydrogen (secondary N) is 2. The SMILES string of the molecule is CCc1ccc(CNC(=NC)NCC2CCCN(C(=O)OC(C)(C)C)C2)s1.I. The highest BCUT2D eigenvalue weighted by Gasteiger charge is 2.27. The van der Waals surface area contributed by atoms with Crippen LogP contribution in [0.4, 0.5) is 4.79 Å². The maximum Gasteiger partial charge on any atom is 0.410 e. The molecule has 2 rings (SSSR count). The molecular weight excluding hydrogens is 487 g/mol. The third-order valence-electron chi connectivity index (χ3n) is 4.45. The van der Waals surface area contributed by atoms with E-state index in [9.17, 15) is 4.79 Å². The summed E-state index contributed by atoms with van der Waals surface area (Å²) in [5, 5.41) is 6.77. The van der Waals surface area contributed by atoms with Crippen LogP contribution < -0.4 is 10.6 Å². The van der Waals surface area contributed by atoms with Gasteiger partial charge in [0.1, 0.15) is 5.60 Å². The zero-order chi connectivity index (χ0) is 19.9. The molecule has 160 valence electrons. The molecule has 0 aromatic carbocycles. The first-order valence-corrected chi connectivity index (χ1v) is 10.6. The monoisotopic (exact) mass is 522 g/mol. The standard InChI is InChI=1S/C20H34N4O2S.HI/c1-6-16-9-10-17(27-16)13-23-18(21-5)22-12-15-8-7-11-24(14-15)19(25)26-20(2,3)4;/h9-10,15H,6-8,11-14H2,1-5H3,(H2,21,22,23);1H. The number of guanidine groups is 1. The number of aryl methyl sites for hydroxylation is 1. The molecule has 0 saturated carbocycles. The Morgan fingerprint density at radius 2 is 2.04 bits per heavy atom. The molecule has 28 heavy (non-hydrogen) atoms. The number of amides is 1. The number of likely N-dealkylation sites (tertiary alicyclic amines) is 1. The average Bonchev–Trinajstić information content (AvgIpc) is 3.09. The summed E-state index contributed by atoms with van der Waals surface area (Å²) in [6.45, 7) is 11.0. The van der Waals surface area contributed by atoms with Gasteiger partial charge in [-0.05, 0) is 58.1 Å². The summed E-state index contributed by atoms with van der Waals surface area (Å²) in [5.74, 6) is 1.20. The lowest BCUT2D eigenvalue weighted by molar-refractivity contribution is 0.0168. The van der Waals surface area contributed by atoms with Gasteiger partial charge < -0.3 is 20.3 Å². The predicted molar refractivity (Wildman–Crippen MR) is 128 cm³/mol. The van der Waals surface area contributed by atoms with E-state index in [1.807, 2.05) is 37.0 Å². The van der Waals surface area contributed by atoms with Crippen molar-refractivity contribution in [1.82, 2.24) is 15.5 Å². The fourth-order valence-corrected chi connectivity index (χ4v) is 3.96. The van der Waals surface area contributed by atoms with Gasteiger partial charge in [0.05, 0.1) is 6.54 Å². The van der Waals surface area contributed by atoms with E-state index in [2.05, 4.69) is 34.7 Å². The minimum atomic E-state index is -0.451. The van der Waals surface area contributed by atoms with E-state index < -0.39 is 5.60 Å². The van der Waals surface area contributed by atoms with Gasteiger partial charge >= 0.3 is 6.09 Å². The van der Waals surface area contributed by atoms with Crippen LogP contribution in [-0.2, 0) is 17.7 Å². The van der Waals surface area contributed by atoms with Gasteiger partial charge in [0.2, 0.25) is 0 Å². The highest BCUT2D eigenvalue weighted by molar-refractivity contribution is 14.0. The van der Waals surface area contributed by atoms with E-state index in [0.717, 1.165) is 51.4 Å². The molecule has 2 heterocycles. The molecular formula is C20H35IN4O2S. The van der Waals surface area contributed by atoms with E-state index in [4.69, 9.17) is 4.74 Å². The molecule has 1 aliphatic rings. The van der Waals surface area contributed by atoms with Crippen LogP contribution in [0.15, 0.2) is 17.1 Å². The van der Waals surface area contributed by atoms with Crippen molar-refractivity contribution in [2.45, 2.75) is 59.1 Å². The summed E-state index contributed by atoms with van der Waals surface area (Å²) < 4.78 is 5.50. The predicted octanol–water partition coefficient (Wildman–Crippen LogP) is 4.24. The van der Waals surface area contributed by atoms with E-state index in [-0.39, 0.29) is 30.1 Å². The quantitative estimate of drug-likeness (QED) is 0.345. The van der Waals surface area contributed by atoms with Crippen LogP contribution in [0.3, 0.4) is 0 Å². The van der Waals surface area contributed by atoms with Crippen LogP contribution in [0.5, 0.6) is 0 Å². The van der Waals surface area contributed by atoms with Gasteiger partial charge in [-0.3, -0.25) is 4.99 Å². The van der Waals surface area contributed by atoms with E-state index in [1.54, 1.807) is 7.05 Å². The Bertz CT molecular complexity index is 642. The van der Waals surface area contributed by atoms with Crippen molar-refractivity contribution in [2.24, 2.45) is 10.9 Å². The number of thiophene rings is 1. The highest BCUT2D eigenvalue weighted by Crippen LogP contribution is 2.19. The van der Waals surface area contributed by atoms with Crippen molar-refractivity contribution in [3.63, 3.8) is 0 Å². The smallest absolute Gasteiger partial charge is 0.410 e. The molecule has 1 aromatic heterocycles. The van der Waals surface area contributed by atoms with Crippen LogP contribution in [0, 0.1) is 5.92 Å². The van der Waals surface area contributed by atoms with E-state index in [1.165, 1.54) is 9.75 Å². The van der Waals surface area contributed by atoms with Crippen molar-refractivity contribution in [1.29, 1.82) is 0 Å². The van der Waals surface area contributed by atoms with Crippen molar-refractivity contribution in [2.75, 3.05) is 26.7 Å². The van der Waals surface area contributed by atoms with Gasteiger partial charge in [0.25, 0.3) is 0 Å². The second kappa shape index (κ2) is 11.8. The number of hydrogen-bond donors (Lipinski definition) is 2. The van der Waals surface area contributed by atoms with Crippen LogP contribution in [0.1, 0.15) is 50.3 Å². The van der Waals surface area contributed by atoms with Crippen LogP contribution in [-0.4, -0.2) is 49.2 Å². The second-order valence-electron chi connectivity index (χ2n) is 7.96. The number of piperidine rings is 1. The Labute approximate surface area is 190 Å². The van der Waals surface area contributed by atoms with E-state index in [0.29, 0.717) is 5.92 Å². The Hall–Kier alpha value is -1.03. The van der Waals surface area contributed by atoms with Crippen LogP contribution in [0.2, 0.25) is 0 Å². The molecule has 0 bridgehead atoms. The van der Waals surface area contributed by atoms with E-state index >= 15 is 0 Å². The Morgan fingerprint density at radius 3 is 2.64 bits per heavy atom. The zero-order valence-corrected chi connectivity index (χ0v) is 20.9. The number of aliphatic imine (C=N–C) groups is 1. The van der Waals surface area contributed by atoms with Crippen LogP contribution >= 0.6 is 35.3 Å². The molecule has 0 aliphatic carbocycles. The summed E-state index contributed by atoms with van der Waals surface area (Å²) >= 11 is 1.84. The second-order valence-corrected chi connectivity index (χ2v) is 9.22.